The van der Waals surface area contributed by atoms with Crippen molar-refractivity contribution in [1.29, 1.82) is 0 Å². The summed E-state index contributed by atoms with van der Waals surface area (Å²) in [7, 11) is 1.87. The molecule has 0 fully saturated rings. The molecule has 0 spiro atoms. The summed E-state index contributed by atoms with van der Waals surface area (Å²) in [6, 6.07) is 37.4. The van der Waals surface area contributed by atoms with Crippen LogP contribution in [0.3, 0.4) is 0 Å². The highest BCUT2D eigenvalue weighted by molar-refractivity contribution is 5.97. The average molecular weight is 578 g/mol. The van der Waals surface area contributed by atoms with Gasteiger partial charge < -0.3 is 10.5 Å². The Hall–Kier alpha value is -4.75. The molecule has 0 aromatic heterocycles. The fraction of sp³-hybridized carbons (Fsp3) is 0.250. The Labute approximate surface area is 253 Å². The number of amides is 3. The lowest BCUT2D eigenvalue weighted by Gasteiger charge is -2.32. The number of carbonyl (C=O) groups excluding carboxylic acids is 3. The van der Waals surface area contributed by atoms with Crippen LogP contribution >= 0.6 is 0 Å². The number of benzene rings is 4. The average Bonchev–Trinajstić information content (AvgIpc) is 3.05. The molecular formula is C36H39N3O4. The highest BCUT2D eigenvalue weighted by Crippen LogP contribution is 2.28. The van der Waals surface area contributed by atoms with Crippen molar-refractivity contribution in [3.05, 3.63) is 144 Å². The lowest BCUT2D eigenvalue weighted by Crippen LogP contribution is -2.45. The van der Waals surface area contributed by atoms with Crippen molar-refractivity contribution in [2.24, 2.45) is 5.73 Å². The van der Waals surface area contributed by atoms with E-state index in [-0.39, 0.29) is 19.2 Å². The first-order valence-corrected chi connectivity index (χ1v) is 14.5. The Morgan fingerprint density at radius 2 is 1.19 bits per heavy atom. The van der Waals surface area contributed by atoms with Gasteiger partial charge in [-0.2, -0.15) is 0 Å². The van der Waals surface area contributed by atoms with Crippen molar-refractivity contribution in [1.82, 2.24) is 9.80 Å². The topological polar surface area (TPSA) is 92.9 Å². The van der Waals surface area contributed by atoms with Crippen LogP contribution in [0.5, 0.6) is 0 Å². The summed E-state index contributed by atoms with van der Waals surface area (Å²) in [5, 5.41) is 0. The second-order valence-corrected chi connectivity index (χ2v) is 10.6. The molecule has 222 valence electrons. The second kappa shape index (κ2) is 15.5. The van der Waals surface area contributed by atoms with E-state index < -0.39 is 29.9 Å². The fourth-order valence-corrected chi connectivity index (χ4v) is 5.24. The molecule has 3 amide bonds. The summed E-state index contributed by atoms with van der Waals surface area (Å²) >= 11 is 0. The van der Waals surface area contributed by atoms with E-state index in [1.54, 1.807) is 0 Å². The Kier molecular flexibility index (Phi) is 11.2. The number of nitrogens with two attached hydrogens (primary N) is 1. The van der Waals surface area contributed by atoms with Gasteiger partial charge in [0.2, 0.25) is 11.8 Å². The quantitative estimate of drug-likeness (QED) is 0.201. The van der Waals surface area contributed by atoms with Crippen molar-refractivity contribution < 1.29 is 19.1 Å². The van der Waals surface area contributed by atoms with E-state index in [1.807, 2.05) is 140 Å². The summed E-state index contributed by atoms with van der Waals surface area (Å²) in [5.74, 6) is -1.56. The smallest absolute Gasteiger partial charge is 0.416 e. The fourth-order valence-electron chi connectivity index (χ4n) is 5.24. The van der Waals surface area contributed by atoms with Crippen LogP contribution in [0.2, 0.25) is 0 Å². The summed E-state index contributed by atoms with van der Waals surface area (Å²) < 4.78 is 5.65. The van der Waals surface area contributed by atoms with Gasteiger partial charge in [-0.15, -0.1) is 0 Å². The van der Waals surface area contributed by atoms with E-state index >= 15 is 0 Å². The van der Waals surface area contributed by atoms with E-state index in [9.17, 15) is 14.4 Å². The van der Waals surface area contributed by atoms with Crippen LogP contribution in [0.4, 0.5) is 4.79 Å². The minimum atomic E-state index is -0.729. The molecule has 0 aliphatic heterocycles. The standard InChI is InChI=1S/C36H39N3O4/c1-27(29-18-9-4-10-19-29)38(2)32(34(37)40)24-15-25-39(36(42)43-26-28-16-7-3-8-17-28)35(41)33(30-20-11-5-12-21-30)31-22-13-6-14-23-31/h3-14,16-23,27,32-33H,15,24-26H2,1-2H3,(H2,37,40)/t27-,32+/m0/s1. The van der Waals surface area contributed by atoms with Crippen LogP contribution in [0.15, 0.2) is 121 Å². The van der Waals surface area contributed by atoms with Gasteiger partial charge in [-0.1, -0.05) is 121 Å². The first-order valence-electron chi connectivity index (χ1n) is 14.5. The molecule has 4 rings (SSSR count). The van der Waals surface area contributed by atoms with E-state index in [4.69, 9.17) is 10.5 Å². The van der Waals surface area contributed by atoms with Crippen molar-refractivity contribution in [2.75, 3.05) is 13.6 Å². The normalized spacial score (nSPS) is 12.5. The number of ether oxygens (including phenoxy) is 1. The molecule has 7 nitrogen and oxygen atoms in total. The first-order chi connectivity index (χ1) is 20.9. The second-order valence-electron chi connectivity index (χ2n) is 10.6. The Balaban J connectivity index is 1.56. The maximum atomic E-state index is 14.3. The molecule has 0 aliphatic carbocycles. The number of nitrogens with zero attached hydrogens (tertiary/aromatic N) is 2. The highest BCUT2D eigenvalue weighted by atomic mass is 16.6. The first kappa shape index (κ1) is 31.2. The predicted octanol–water partition coefficient (Wildman–Crippen LogP) is 6.31. The minimum Gasteiger partial charge on any atom is -0.444 e. The van der Waals surface area contributed by atoms with Crippen molar-refractivity contribution in [3.8, 4) is 0 Å². The molecule has 0 unspecified atom stereocenters. The molecule has 2 N–H and O–H groups in total. The van der Waals surface area contributed by atoms with E-state index in [2.05, 4.69) is 0 Å². The van der Waals surface area contributed by atoms with E-state index in [1.165, 1.54) is 4.90 Å². The van der Waals surface area contributed by atoms with Crippen LogP contribution < -0.4 is 5.73 Å². The summed E-state index contributed by atoms with van der Waals surface area (Å²) in [4.78, 5) is 43.5. The number of hydrogen-bond donors (Lipinski definition) is 1. The third-order valence-electron chi connectivity index (χ3n) is 7.78. The number of likely N-dealkylation sites (N-methyl/N-ethyl adjacent to an activating group) is 1. The molecule has 0 heterocycles. The van der Waals surface area contributed by atoms with Crippen molar-refractivity contribution in [2.45, 2.75) is 44.4 Å². The van der Waals surface area contributed by atoms with Gasteiger partial charge in [0, 0.05) is 12.6 Å². The third kappa shape index (κ3) is 8.40. The number of imide groups is 1. The summed E-state index contributed by atoms with van der Waals surface area (Å²) in [6.07, 6.45) is -0.00508. The molecule has 4 aromatic rings. The van der Waals surface area contributed by atoms with Crippen LogP contribution in [0.25, 0.3) is 0 Å². The van der Waals surface area contributed by atoms with Gasteiger partial charge in [-0.3, -0.25) is 14.5 Å². The molecule has 4 aromatic carbocycles. The lowest BCUT2D eigenvalue weighted by molar-refractivity contribution is -0.130. The Morgan fingerprint density at radius 1 is 0.721 bits per heavy atom. The molecule has 7 heteroatoms. The van der Waals surface area contributed by atoms with E-state index in [0.29, 0.717) is 12.8 Å². The van der Waals surface area contributed by atoms with Gasteiger partial charge in [0.05, 0.1) is 12.0 Å². The lowest BCUT2D eigenvalue weighted by atomic mass is 9.90. The van der Waals surface area contributed by atoms with Gasteiger partial charge in [-0.05, 0) is 49.1 Å². The molecule has 0 bridgehead atoms. The van der Waals surface area contributed by atoms with Gasteiger partial charge in [0.25, 0.3) is 0 Å². The molecular weight excluding hydrogens is 538 g/mol. The van der Waals surface area contributed by atoms with E-state index in [0.717, 1.165) is 22.3 Å². The number of rotatable bonds is 13. The minimum absolute atomic E-state index is 0.0338. The maximum Gasteiger partial charge on any atom is 0.416 e. The molecule has 2 atom stereocenters. The largest absolute Gasteiger partial charge is 0.444 e. The molecule has 0 radical (unpaired) electrons. The maximum absolute atomic E-state index is 14.3. The summed E-state index contributed by atoms with van der Waals surface area (Å²) in [5.41, 5.74) is 9.27. The molecule has 0 saturated carbocycles. The van der Waals surface area contributed by atoms with Crippen LogP contribution in [0.1, 0.15) is 54.0 Å². The van der Waals surface area contributed by atoms with Crippen molar-refractivity contribution in [3.63, 3.8) is 0 Å². The highest BCUT2D eigenvalue weighted by Gasteiger charge is 2.33. The molecule has 0 aliphatic rings. The third-order valence-corrected chi connectivity index (χ3v) is 7.78. The van der Waals surface area contributed by atoms with Gasteiger partial charge in [0.15, 0.2) is 0 Å². The Morgan fingerprint density at radius 3 is 1.67 bits per heavy atom. The van der Waals surface area contributed by atoms with Crippen LogP contribution in [-0.2, 0) is 20.9 Å². The van der Waals surface area contributed by atoms with Gasteiger partial charge in [-0.25, -0.2) is 9.69 Å². The molecule has 0 saturated heterocycles. The number of carbonyl (C=O) groups is 3. The summed E-state index contributed by atoms with van der Waals surface area (Å²) in [6.45, 7) is 2.12. The van der Waals surface area contributed by atoms with Gasteiger partial charge >= 0.3 is 6.09 Å². The van der Waals surface area contributed by atoms with Crippen LogP contribution in [0, 0.1) is 0 Å². The zero-order valence-corrected chi connectivity index (χ0v) is 24.7. The van der Waals surface area contributed by atoms with Crippen LogP contribution in [-0.4, -0.2) is 47.3 Å². The number of hydrogen-bond acceptors (Lipinski definition) is 5. The Bertz CT molecular complexity index is 1410. The molecule has 43 heavy (non-hydrogen) atoms. The SMILES string of the molecule is C[C@@H](c1ccccc1)N(C)[C@H](CCCN(C(=O)OCc1ccccc1)C(=O)C(c1ccccc1)c1ccccc1)C(N)=O. The monoisotopic (exact) mass is 577 g/mol. The van der Waals surface area contributed by atoms with Crippen molar-refractivity contribution >= 4 is 17.9 Å². The predicted molar refractivity (Wildman–Crippen MR) is 168 cm³/mol. The van der Waals surface area contributed by atoms with Gasteiger partial charge in [0.1, 0.15) is 6.61 Å². The zero-order chi connectivity index (χ0) is 30.6. The number of primary amides is 1. The zero-order valence-electron chi connectivity index (χ0n) is 24.7.